The van der Waals surface area contributed by atoms with E-state index in [2.05, 4.69) is 23.9 Å². The molecule has 5 atom stereocenters. The van der Waals surface area contributed by atoms with Crippen LogP contribution in [0.5, 0.6) is 0 Å². The van der Waals surface area contributed by atoms with Gasteiger partial charge in [-0.3, -0.25) is 0 Å². The van der Waals surface area contributed by atoms with E-state index in [1.807, 2.05) is 27.7 Å². The molecular weight excluding hydrogens is 248 g/mol. The van der Waals surface area contributed by atoms with Gasteiger partial charge in [-0.2, -0.15) is 0 Å². The van der Waals surface area contributed by atoms with Crippen LogP contribution in [0.25, 0.3) is 0 Å². The van der Waals surface area contributed by atoms with Gasteiger partial charge in [-0.15, -0.1) is 0 Å². The Bertz CT molecular complexity index is 258. The molecule has 2 saturated carbocycles. The number of hydrogen-bond acceptors (Lipinski definition) is 3. The standard InChI is InChI=1S/C7H13NO.C6H11N.2C2H6/c1-8-3-2-5-6(4-9)7(5)8;1-7-3-5-2-6(5)4-7;2*1-2/h5-7,9H,2-4H2,1H3;5-6H,2-4H2,1H3;2*1-2H3. The molecule has 0 radical (unpaired) electrons. The van der Waals surface area contributed by atoms with Gasteiger partial charge in [-0.1, -0.05) is 27.7 Å². The highest BCUT2D eigenvalue weighted by atomic mass is 16.3. The van der Waals surface area contributed by atoms with Crippen molar-refractivity contribution in [2.45, 2.75) is 46.6 Å². The Morgan fingerprint density at radius 1 is 1.00 bits per heavy atom. The first-order valence-corrected chi connectivity index (χ1v) is 8.70. The third-order valence-electron chi connectivity index (χ3n) is 4.98. The van der Waals surface area contributed by atoms with Gasteiger partial charge in [0.2, 0.25) is 0 Å². The van der Waals surface area contributed by atoms with Crippen LogP contribution in [0.2, 0.25) is 0 Å². The van der Waals surface area contributed by atoms with Crippen LogP contribution >= 0.6 is 0 Å². The van der Waals surface area contributed by atoms with E-state index >= 15 is 0 Å². The first-order chi connectivity index (χ1) is 9.70. The first kappa shape index (κ1) is 17.9. The van der Waals surface area contributed by atoms with E-state index in [0.717, 1.165) is 23.8 Å². The Hall–Kier alpha value is -0.120. The number of piperidine rings is 2. The molecular formula is C17H36N2O. The van der Waals surface area contributed by atoms with E-state index in [9.17, 15) is 0 Å². The lowest BCUT2D eigenvalue weighted by Crippen LogP contribution is -2.20. The fourth-order valence-electron chi connectivity index (χ4n) is 3.84. The van der Waals surface area contributed by atoms with Gasteiger partial charge < -0.3 is 14.9 Å². The van der Waals surface area contributed by atoms with Gasteiger partial charge >= 0.3 is 0 Å². The summed E-state index contributed by atoms with van der Waals surface area (Å²) in [6, 6.07) is 0.745. The van der Waals surface area contributed by atoms with Crippen molar-refractivity contribution in [2.75, 3.05) is 40.3 Å². The van der Waals surface area contributed by atoms with Crippen LogP contribution in [-0.4, -0.2) is 61.3 Å². The average molecular weight is 284 g/mol. The quantitative estimate of drug-likeness (QED) is 0.801. The van der Waals surface area contributed by atoms with Gasteiger partial charge in [0.1, 0.15) is 0 Å². The predicted octanol–water partition coefficient (Wildman–Crippen LogP) is 2.55. The molecule has 0 spiro atoms. The summed E-state index contributed by atoms with van der Waals surface area (Å²) < 4.78 is 0. The third kappa shape index (κ3) is 4.19. The number of aliphatic hydroxyl groups is 1. The summed E-state index contributed by atoms with van der Waals surface area (Å²) in [5, 5.41) is 8.80. The predicted molar refractivity (Wildman–Crippen MR) is 86.9 cm³/mol. The smallest absolute Gasteiger partial charge is 0.0477 e. The lowest BCUT2D eigenvalue weighted by Gasteiger charge is -2.10. The van der Waals surface area contributed by atoms with Crippen molar-refractivity contribution in [1.29, 1.82) is 0 Å². The molecule has 0 bridgehead atoms. The van der Waals surface area contributed by atoms with E-state index < -0.39 is 0 Å². The average Bonchev–Trinajstić information content (AvgIpc) is 3.32. The third-order valence-corrected chi connectivity index (χ3v) is 4.98. The monoisotopic (exact) mass is 284 g/mol. The molecule has 3 nitrogen and oxygen atoms in total. The first-order valence-electron chi connectivity index (χ1n) is 8.70. The Balaban J connectivity index is 0.000000164. The lowest BCUT2D eigenvalue weighted by molar-refractivity contribution is 0.232. The zero-order valence-corrected chi connectivity index (χ0v) is 14.5. The Labute approximate surface area is 126 Å². The molecule has 0 aromatic rings. The molecule has 5 unspecified atom stereocenters. The summed E-state index contributed by atoms with van der Waals surface area (Å²) in [4.78, 5) is 4.80. The molecule has 0 aromatic heterocycles. The zero-order valence-electron chi connectivity index (χ0n) is 14.5. The van der Waals surface area contributed by atoms with Gasteiger partial charge in [0.05, 0.1) is 0 Å². The maximum atomic E-state index is 8.80. The van der Waals surface area contributed by atoms with Crippen LogP contribution < -0.4 is 0 Å². The maximum absolute atomic E-state index is 8.80. The molecule has 4 aliphatic rings. The summed E-state index contributed by atoms with van der Waals surface area (Å²) in [6.45, 7) is 12.4. The van der Waals surface area contributed by atoms with Crippen LogP contribution in [0, 0.1) is 23.7 Å². The zero-order chi connectivity index (χ0) is 15.3. The number of likely N-dealkylation sites (tertiary alicyclic amines) is 2. The molecule has 4 rings (SSSR count). The molecule has 3 heteroatoms. The minimum atomic E-state index is 0.402. The second-order valence-corrected chi connectivity index (χ2v) is 6.25. The maximum Gasteiger partial charge on any atom is 0.0477 e. The number of aliphatic hydroxyl groups excluding tert-OH is 1. The van der Waals surface area contributed by atoms with Crippen LogP contribution in [-0.2, 0) is 0 Å². The van der Waals surface area contributed by atoms with E-state index in [0.29, 0.717) is 12.5 Å². The van der Waals surface area contributed by atoms with Gasteiger partial charge in [0.25, 0.3) is 0 Å². The molecule has 2 aliphatic heterocycles. The second-order valence-electron chi connectivity index (χ2n) is 6.25. The van der Waals surface area contributed by atoms with Gasteiger partial charge in [0, 0.05) is 31.7 Å². The highest BCUT2D eigenvalue weighted by molar-refractivity contribution is 5.07. The fraction of sp³-hybridized carbons (Fsp3) is 1.00. The fourth-order valence-corrected chi connectivity index (χ4v) is 3.84. The Kier molecular flexibility index (Phi) is 7.49. The topological polar surface area (TPSA) is 26.7 Å². The molecule has 2 saturated heterocycles. The van der Waals surface area contributed by atoms with Crippen molar-refractivity contribution >= 4 is 0 Å². The van der Waals surface area contributed by atoms with Crippen LogP contribution in [0.15, 0.2) is 0 Å². The van der Waals surface area contributed by atoms with Crippen LogP contribution in [0.4, 0.5) is 0 Å². The summed E-state index contributed by atoms with van der Waals surface area (Å²) in [6.07, 6.45) is 2.84. The Morgan fingerprint density at radius 3 is 1.80 bits per heavy atom. The second kappa shape index (κ2) is 8.35. The number of fused-ring (bicyclic) bond motifs is 2. The number of hydrogen-bond donors (Lipinski definition) is 1. The minimum Gasteiger partial charge on any atom is -0.396 e. The van der Waals surface area contributed by atoms with Crippen molar-refractivity contribution in [2.24, 2.45) is 23.7 Å². The van der Waals surface area contributed by atoms with Gasteiger partial charge in [0.15, 0.2) is 0 Å². The van der Waals surface area contributed by atoms with E-state index in [4.69, 9.17) is 5.11 Å². The Morgan fingerprint density at radius 2 is 1.55 bits per heavy atom. The molecule has 4 fully saturated rings. The molecule has 1 N–H and O–H groups in total. The lowest BCUT2D eigenvalue weighted by atomic mass is 10.2. The summed E-state index contributed by atoms with van der Waals surface area (Å²) in [5.74, 6) is 3.71. The molecule has 120 valence electrons. The number of nitrogens with zero attached hydrogens (tertiary/aromatic N) is 2. The highest BCUT2D eigenvalue weighted by Crippen LogP contribution is 2.49. The van der Waals surface area contributed by atoms with Crippen LogP contribution in [0.1, 0.15) is 40.5 Å². The molecule has 0 amide bonds. The summed E-state index contributed by atoms with van der Waals surface area (Å²) >= 11 is 0. The van der Waals surface area contributed by atoms with Crippen LogP contribution in [0.3, 0.4) is 0 Å². The van der Waals surface area contributed by atoms with Gasteiger partial charge in [-0.05, 0) is 51.2 Å². The largest absolute Gasteiger partial charge is 0.396 e. The van der Waals surface area contributed by atoms with Gasteiger partial charge in [-0.25, -0.2) is 0 Å². The molecule has 0 aromatic carbocycles. The normalized spacial score (nSPS) is 40.0. The van der Waals surface area contributed by atoms with Crippen molar-refractivity contribution in [3.05, 3.63) is 0 Å². The van der Waals surface area contributed by atoms with Crippen molar-refractivity contribution in [1.82, 2.24) is 9.80 Å². The summed E-state index contributed by atoms with van der Waals surface area (Å²) in [7, 11) is 4.37. The van der Waals surface area contributed by atoms with E-state index in [-0.39, 0.29) is 0 Å². The summed E-state index contributed by atoms with van der Waals surface area (Å²) in [5.41, 5.74) is 0. The van der Waals surface area contributed by atoms with Crippen molar-refractivity contribution in [3.8, 4) is 0 Å². The molecule has 2 heterocycles. The van der Waals surface area contributed by atoms with E-state index in [1.165, 1.54) is 32.5 Å². The van der Waals surface area contributed by atoms with Crippen molar-refractivity contribution < 1.29 is 5.11 Å². The highest BCUT2D eigenvalue weighted by Gasteiger charge is 2.55. The van der Waals surface area contributed by atoms with Crippen molar-refractivity contribution in [3.63, 3.8) is 0 Å². The SMILES string of the molecule is CC.CC.CN1CC2CC2C1.CN1CCC2C(CO)C21. The molecule has 20 heavy (non-hydrogen) atoms. The minimum absolute atomic E-state index is 0.402. The van der Waals surface area contributed by atoms with E-state index in [1.54, 1.807) is 0 Å². The number of rotatable bonds is 1. The molecule has 2 aliphatic carbocycles.